The van der Waals surface area contributed by atoms with Crippen LogP contribution in [-0.2, 0) is 0 Å². The van der Waals surface area contributed by atoms with Crippen LogP contribution in [0, 0.1) is 12.7 Å². The lowest BCUT2D eigenvalue weighted by Crippen LogP contribution is -2.15. The minimum Gasteiger partial charge on any atom is -0.463 e. The molecule has 0 fully saturated rings. The third kappa shape index (κ3) is 3.76. The molecule has 0 radical (unpaired) electrons. The summed E-state index contributed by atoms with van der Waals surface area (Å²) in [5.41, 5.74) is 2.92. The lowest BCUT2D eigenvalue weighted by molar-refractivity contribution is 0.102. The zero-order valence-electron chi connectivity index (χ0n) is 16.2. The Labute approximate surface area is 179 Å². The lowest BCUT2D eigenvalue weighted by atomic mass is 10.1. The van der Waals surface area contributed by atoms with Gasteiger partial charge in [0.15, 0.2) is 5.76 Å². The Bertz CT molecular complexity index is 1350. The smallest absolute Gasteiger partial charge is 0.274 e. The Kier molecular flexibility index (Phi) is 4.68. The molecule has 10 heteroatoms. The summed E-state index contributed by atoms with van der Waals surface area (Å²) in [5.74, 6) is 0.409. The zero-order valence-corrected chi connectivity index (χ0v) is 17.0. The van der Waals surface area contributed by atoms with Crippen molar-refractivity contribution in [3.8, 4) is 27.8 Å². The van der Waals surface area contributed by atoms with Gasteiger partial charge in [0.2, 0.25) is 5.13 Å². The summed E-state index contributed by atoms with van der Waals surface area (Å²) >= 11 is 1.38. The number of halogens is 1. The van der Waals surface area contributed by atoms with E-state index in [0.29, 0.717) is 33.7 Å². The number of furan rings is 1. The number of anilines is 1. The summed E-state index contributed by atoms with van der Waals surface area (Å²) in [7, 11) is 0. The van der Waals surface area contributed by atoms with E-state index in [0.717, 1.165) is 5.69 Å². The Balaban J connectivity index is 1.39. The number of carbonyl (C=O) groups excluding carboxylic acids is 1. The van der Waals surface area contributed by atoms with Crippen LogP contribution < -0.4 is 5.32 Å². The van der Waals surface area contributed by atoms with Crippen LogP contribution in [-0.4, -0.2) is 30.9 Å². The second-order valence-electron chi connectivity index (χ2n) is 6.70. The molecule has 8 nitrogen and oxygen atoms in total. The van der Waals surface area contributed by atoms with E-state index in [4.69, 9.17) is 4.42 Å². The molecule has 1 amide bonds. The predicted octanol–water partition coefficient (Wildman–Crippen LogP) is 4.68. The fourth-order valence-electron chi connectivity index (χ4n) is 3.02. The third-order valence-corrected chi connectivity index (χ3v) is 5.30. The van der Waals surface area contributed by atoms with Crippen molar-refractivity contribution in [1.82, 2.24) is 25.0 Å². The van der Waals surface area contributed by atoms with Crippen LogP contribution in [0.2, 0.25) is 0 Å². The number of aromatic nitrogens is 5. The number of aromatic amines is 1. The maximum atomic E-state index is 13.1. The van der Waals surface area contributed by atoms with Crippen LogP contribution >= 0.6 is 11.3 Å². The Morgan fingerprint density at radius 1 is 1.19 bits per heavy atom. The van der Waals surface area contributed by atoms with Gasteiger partial charge in [-0.05, 0) is 49.4 Å². The second kappa shape index (κ2) is 7.65. The molecule has 0 saturated carbocycles. The van der Waals surface area contributed by atoms with E-state index in [-0.39, 0.29) is 17.4 Å². The maximum Gasteiger partial charge on any atom is 0.274 e. The normalized spacial score (nSPS) is 11.0. The van der Waals surface area contributed by atoms with Crippen LogP contribution in [0.4, 0.5) is 10.2 Å². The summed E-state index contributed by atoms with van der Waals surface area (Å²) in [6.07, 6.45) is 1.59. The molecule has 5 aromatic rings. The van der Waals surface area contributed by atoms with Gasteiger partial charge in [-0.15, -0.1) is 11.3 Å². The molecule has 0 saturated heterocycles. The molecule has 0 atom stereocenters. The van der Waals surface area contributed by atoms with Gasteiger partial charge in [-0.3, -0.25) is 9.89 Å². The van der Waals surface area contributed by atoms with Crippen molar-refractivity contribution in [2.45, 2.75) is 6.92 Å². The molecule has 2 N–H and O–H groups in total. The van der Waals surface area contributed by atoms with Crippen molar-refractivity contribution in [3.05, 3.63) is 77.4 Å². The Hall–Kier alpha value is -4.05. The van der Waals surface area contributed by atoms with E-state index in [1.54, 1.807) is 41.3 Å². The van der Waals surface area contributed by atoms with Crippen molar-refractivity contribution in [2.24, 2.45) is 0 Å². The van der Waals surface area contributed by atoms with Crippen LogP contribution in [0.3, 0.4) is 0 Å². The number of nitrogens with zero attached hydrogens (tertiary/aromatic N) is 4. The summed E-state index contributed by atoms with van der Waals surface area (Å²) < 4.78 is 20.1. The molecule has 0 aliphatic rings. The molecule has 1 aromatic carbocycles. The number of H-pyrrole nitrogens is 1. The van der Waals surface area contributed by atoms with Crippen molar-refractivity contribution < 1.29 is 13.6 Å². The van der Waals surface area contributed by atoms with Crippen LogP contribution in [0.25, 0.3) is 27.8 Å². The van der Waals surface area contributed by atoms with E-state index in [9.17, 15) is 9.18 Å². The number of thiazole rings is 1. The molecule has 154 valence electrons. The van der Waals surface area contributed by atoms with E-state index in [1.165, 1.54) is 23.5 Å². The number of nitrogens with one attached hydrogen (secondary N) is 2. The quantitative estimate of drug-likeness (QED) is 0.418. The minimum atomic E-state index is -0.384. The highest BCUT2D eigenvalue weighted by atomic mass is 32.1. The number of benzene rings is 1. The first-order valence-electron chi connectivity index (χ1n) is 9.26. The lowest BCUT2D eigenvalue weighted by Gasteiger charge is -2.05. The van der Waals surface area contributed by atoms with Gasteiger partial charge in [-0.25, -0.2) is 9.37 Å². The minimum absolute atomic E-state index is 0.264. The van der Waals surface area contributed by atoms with E-state index >= 15 is 0 Å². The van der Waals surface area contributed by atoms with Crippen molar-refractivity contribution in [1.29, 1.82) is 0 Å². The SMILES string of the molecule is Cc1cc(NC(=O)c2cc(-c3ccc(F)cc3)n[nH]2)n(-c2nc(-c3ccco3)cs2)n1. The first-order chi connectivity index (χ1) is 15.1. The number of aryl methyl sites for hydroxylation is 1. The van der Waals surface area contributed by atoms with Crippen LogP contribution in [0.5, 0.6) is 0 Å². The Morgan fingerprint density at radius 2 is 2.03 bits per heavy atom. The molecule has 0 bridgehead atoms. The topological polar surface area (TPSA) is 102 Å². The van der Waals surface area contributed by atoms with Gasteiger partial charge in [0, 0.05) is 17.0 Å². The monoisotopic (exact) mass is 434 g/mol. The van der Waals surface area contributed by atoms with Gasteiger partial charge in [0.1, 0.15) is 23.0 Å². The number of carbonyl (C=O) groups is 1. The van der Waals surface area contributed by atoms with Crippen molar-refractivity contribution in [3.63, 3.8) is 0 Å². The van der Waals surface area contributed by atoms with Gasteiger partial charge in [-0.1, -0.05) is 0 Å². The molecule has 0 aliphatic carbocycles. The van der Waals surface area contributed by atoms with E-state index < -0.39 is 0 Å². The molecule has 0 spiro atoms. The standard InChI is InChI=1S/C21H15FN6O2S/c1-12-9-19(28(27-12)21-23-17(11-31-21)18-3-2-8-30-18)24-20(29)16-10-15(25-26-16)13-4-6-14(22)7-5-13/h2-11H,1H3,(H,24,29)(H,25,26). The first-order valence-corrected chi connectivity index (χ1v) is 10.1. The average Bonchev–Trinajstić information content (AvgIpc) is 3.54. The fourth-order valence-corrected chi connectivity index (χ4v) is 3.80. The highest BCUT2D eigenvalue weighted by molar-refractivity contribution is 7.12. The number of amides is 1. The zero-order chi connectivity index (χ0) is 21.4. The van der Waals surface area contributed by atoms with Crippen molar-refractivity contribution >= 4 is 23.1 Å². The average molecular weight is 434 g/mol. The van der Waals surface area contributed by atoms with Crippen LogP contribution in [0.1, 0.15) is 16.2 Å². The number of hydrogen-bond donors (Lipinski definition) is 2. The van der Waals surface area contributed by atoms with Gasteiger partial charge < -0.3 is 9.73 Å². The summed E-state index contributed by atoms with van der Waals surface area (Å²) in [5, 5.41) is 16.6. The van der Waals surface area contributed by atoms with E-state index in [2.05, 4.69) is 25.6 Å². The fraction of sp³-hybridized carbons (Fsp3) is 0.0476. The molecular weight excluding hydrogens is 419 g/mol. The summed E-state index contributed by atoms with van der Waals surface area (Å²) in [6.45, 7) is 1.83. The molecule has 0 aliphatic heterocycles. The highest BCUT2D eigenvalue weighted by Gasteiger charge is 2.17. The predicted molar refractivity (Wildman–Crippen MR) is 114 cm³/mol. The number of rotatable bonds is 5. The van der Waals surface area contributed by atoms with Gasteiger partial charge in [0.05, 0.1) is 17.7 Å². The number of hydrogen-bond acceptors (Lipinski definition) is 6. The molecule has 4 heterocycles. The van der Waals surface area contributed by atoms with Gasteiger partial charge in [0.25, 0.3) is 5.91 Å². The van der Waals surface area contributed by atoms with Crippen molar-refractivity contribution in [2.75, 3.05) is 5.32 Å². The summed E-state index contributed by atoms with van der Waals surface area (Å²) in [6, 6.07) is 12.9. The largest absolute Gasteiger partial charge is 0.463 e. The second-order valence-corrected chi connectivity index (χ2v) is 7.54. The molecule has 31 heavy (non-hydrogen) atoms. The molecular formula is C21H15FN6O2S. The molecule has 5 rings (SSSR count). The first kappa shape index (κ1) is 18.9. The van der Waals surface area contributed by atoms with E-state index in [1.807, 2.05) is 18.4 Å². The highest BCUT2D eigenvalue weighted by Crippen LogP contribution is 2.27. The Morgan fingerprint density at radius 3 is 2.81 bits per heavy atom. The maximum absolute atomic E-state index is 13.1. The third-order valence-electron chi connectivity index (χ3n) is 4.48. The summed E-state index contributed by atoms with van der Waals surface area (Å²) in [4.78, 5) is 17.3. The van der Waals surface area contributed by atoms with Gasteiger partial charge >= 0.3 is 0 Å². The van der Waals surface area contributed by atoms with Crippen LogP contribution in [0.15, 0.2) is 64.6 Å². The van der Waals surface area contributed by atoms with Gasteiger partial charge in [-0.2, -0.15) is 14.9 Å². The molecule has 0 unspecified atom stereocenters. The molecule has 4 aromatic heterocycles.